The molecule has 165 valence electrons. The quantitative estimate of drug-likeness (QED) is 0.307. The molecule has 0 spiro atoms. The lowest BCUT2D eigenvalue weighted by atomic mass is 10.2. The van der Waals surface area contributed by atoms with Gasteiger partial charge in [0.1, 0.15) is 0 Å². The second-order valence-corrected chi connectivity index (χ2v) is 7.89. The standard InChI is InChI=1S/3C8H9S.3FH/c3*1-6-4-3-5-7(2)8(6)9;;;/h3*3-5H,1-2H3;3*1H. The van der Waals surface area contributed by atoms with Gasteiger partial charge in [-0.1, -0.05) is 92.5 Å². The Morgan fingerprint density at radius 3 is 0.600 bits per heavy atom. The average Bonchev–Trinajstić information content (AvgIpc) is 2.63. The first-order chi connectivity index (χ1) is 12.6. The van der Waals surface area contributed by atoms with Gasteiger partial charge in [0.05, 0.1) is 0 Å². The van der Waals surface area contributed by atoms with Crippen LogP contribution in [0.3, 0.4) is 0 Å². The number of aryl methyl sites for hydroxylation is 6. The summed E-state index contributed by atoms with van der Waals surface area (Å²) >= 11 is 15.3. The largest absolute Gasteiger partial charge is 0.269 e. The summed E-state index contributed by atoms with van der Waals surface area (Å²) in [6, 6.07) is 18.3. The SMILES string of the molecule is Cc1cccc(C)c1[S].Cc1cccc(C)c1[S].Cc1cccc(C)c1[S].F.F.F. The van der Waals surface area contributed by atoms with Crippen LogP contribution in [0, 0.1) is 41.5 Å². The van der Waals surface area contributed by atoms with Crippen molar-refractivity contribution in [3.63, 3.8) is 0 Å². The van der Waals surface area contributed by atoms with Crippen LogP contribution in [0.1, 0.15) is 33.4 Å². The van der Waals surface area contributed by atoms with Gasteiger partial charge >= 0.3 is 0 Å². The van der Waals surface area contributed by atoms with Crippen molar-refractivity contribution in [2.24, 2.45) is 0 Å². The molecule has 0 N–H and O–H groups in total. The summed E-state index contributed by atoms with van der Waals surface area (Å²) < 4.78 is 0. The Morgan fingerprint density at radius 2 is 0.500 bits per heavy atom. The Hall–Kier alpha value is -1.89. The molecule has 0 amide bonds. The minimum atomic E-state index is 0. The van der Waals surface area contributed by atoms with Gasteiger partial charge in [-0.3, -0.25) is 14.1 Å². The first-order valence-corrected chi connectivity index (χ1v) is 10.1. The van der Waals surface area contributed by atoms with Gasteiger partial charge in [-0.15, -0.1) is 0 Å². The van der Waals surface area contributed by atoms with Gasteiger partial charge in [-0.05, 0) is 74.9 Å². The molecule has 0 aromatic heterocycles. The Kier molecular flexibility index (Phi) is 17.3. The molecule has 0 saturated heterocycles. The van der Waals surface area contributed by atoms with E-state index in [0.717, 1.165) is 14.7 Å². The zero-order valence-electron chi connectivity index (χ0n) is 18.1. The van der Waals surface area contributed by atoms with Gasteiger partial charge in [0.2, 0.25) is 0 Å². The van der Waals surface area contributed by atoms with Crippen LogP contribution in [0.25, 0.3) is 0 Å². The summed E-state index contributed by atoms with van der Waals surface area (Å²) in [7, 11) is 0. The monoisotopic (exact) mass is 471 g/mol. The third kappa shape index (κ3) is 10.2. The van der Waals surface area contributed by atoms with Gasteiger partial charge in [0.15, 0.2) is 0 Å². The molecule has 0 saturated carbocycles. The Bertz CT molecular complexity index is 718. The molecule has 3 rings (SSSR count). The van der Waals surface area contributed by atoms with Gasteiger partial charge in [-0.25, -0.2) is 0 Å². The molecular weight excluding hydrogens is 441 g/mol. The normalized spacial score (nSPS) is 8.60. The van der Waals surface area contributed by atoms with Crippen molar-refractivity contribution in [3.05, 3.63) is 88.0 Å². The summed E-state index contributed by atoms with van der Waals surface area (Å²) in [5.41, 5.74) is 7.19. The van der Waals surface area contributed by atoms with E-state index < -0.39 is 0 Å². The minimum absolute atomic E-state index is 0. The van der Waals surface area contributed by atoms with Crippen molar-refractivity contribution in [1.29, 1.82) is 0 Å². The summed E-state index contributed by atoms with van der Waals surface area (Å²) in [5, 5.41) is 0. The van der Waals surface area contributed by atoms with Crippen LogP contribution in [0.5, 0.6) is 0 Å². The molecule has 3 aromatic rings. The van der Waals surface area contributed by atoms with Crippen LogP contribution >= 0.6 is 37.9 Å². The Morgan fingerprint density at radius 1 is 0.367 bits per heavy atom. The van der Waals surface area contributed by atoms with E-state index in [1.807, 2.05) is 96.1 Å². The van der Waals surface area contributed by atoms with Crippen LogP contribution in [-0.2, 0) is 0 Å². The highest BCUT2D eigenvalue weighted by atomic mass is 32.1. The summed E-state index contributed by atoms with van der Waals surface area (Å²) in [5.74, 6) is 0. The fourth-order valence-corrected chi connectivity index (χ4v) is 2.81. The van der Waals surface area contributed by atoms with Crippen molar-refractivity contribution < 1.29 is 14.1 Å². The summed E-state index contributed by atoms with van der Waals surface area (Å²) in [4.78, 5) is 2.99. The Labute approximate surface area is 195 Å². The molecule has 3 aromatic carbocycles. The number of hydrogen-bond donors (Lipinski definition) is 0. The summed E-state index contributed by atoms with van der Waals surface area (Å²) in [6.07, 6.45) is 0. The third-order valence-electron chi connectivity index (χ3n) is 4.23. The maximum absolute atomic E-state index is 5.09. The van der Waals surface area contributed by atoms with Crippen LogP contribution in [-0.4, -0.2) is 0 Å². The van der Waals surface area contributed by atoms with E-state index in [1.165, 1.54) is 33.4 Å². The molecular formula is C24H30F3S3. The van der Waals surface area contributed by atoms with Gasteiger partial charge in [-0.2, -0.15) is 0 Å². The van der Waals surface area contributed by atoms with E-state index in [1.54, 1.807) is 0 Å². The molecule has 0 heterocycles. The second-order valence-electron chi connectivity index (χ2n) is 6.66. The van der Waals surface area contributed by atoms with Crippen LogP contribution < -0.4 is 0 Å². The fraction of sp³-hybridized carbons (Fsp3) is 0.250. The summed E-state index contributed by atoms with van der Waals surface area (Å²) in [6.45, 7) is 12.2. The topological polar surface area (TPSA) is 0 Å². The van der Waals surface area contributed by atoms with E-state index in [9.17, 15) is 0 Å². The molecule has 0 aliphatic heterocycles. The highest BCUT2D eigenvalue weighted by Crippen LogP contribution is 2.17. The Balaban J connectivity index is -0.000000347. The van der Waals surface area contributed by atoms with Crippen LogP contribution in [0.15, 0.2) is 69.3 Å². The molecule has 0 nitrogen and oxygen atoms in total. The molecule has 0 unspecified atom stereocenters. The minimum Gasteiger partial charge on any atom is -0.269 e. The van der Waals surface area contributed by atoms with Gasteiger partial charge in [0, 0.05) is 14.7 Å². The van der Waals surface area contributed by atoms with Crippen molar-refractivity contribution in [1.82, 2.24) is 0 Å². The second kappa shape index (κ2) is 15.9. The lowest BCUT2D eigenvalue weighted by Crippen LogP contribution is -1.78. The maximum Gasteiger partial charge on any atom is 0.0435 e. The van der Waals surface area contributed by atoms with Crippen molar-refractivity contribution in [3.8, 4) is 0 Å². The first kappa shape index (κ1) is 32.8. The lowest BCUT2D eigenvalue weighted by Gasteiger charge is -1.98. The van der Waals surface area contributed by atoms with Gasteiger partial charge < -0.3 is 0 Å². The zero-order valence-corrected chi connectivity index (χ0v) is 20.6. The predicted molar refractivity (Wildman–Crippen MR) is 133 cm³/mol. The van der Waals surface area contributed by atoms with Crippen molar-refractivity contribution in [2.45, 2.75) is 56.2 Å². The molecule has 30 heavy (non-hydrogen) atoms. The highest BCUT2D eigenvalue weighted by molar-refractivity contribution is 7.80. The smallest absolute Gasteiger partial charge is 0.0435 e. The zero-order chi connectivity index (χ0) is 20.6. The number of rotatable bonds is 0. The fourth-order valence-electron chi connectivity index (χ4n) is 2.40. The van der Waals surface area contributed by atoms with E-state index in [4.69, 9.17) is 37.9 Å². The predicted octanol–water partition coefficient (Wildman–Crippen LogP) is 9.04. The molecule has 0 atom stereocenters. The average molecular weight is 472 g/mol. The van der Waals surface area contributed by atoms with Crippen LogP contribution in [0.4, 0.5) is 14.1 Å². The highest BCUT2D eigenvalue weighted by Gasteiger charge is 1.96. The molecule has 0 aliphatic rings. The first-order valence-electron chi connectivity index (χ1n) is 8.84. The van der Waals surface area contributed by atoms with Gasteiger partial charge in [0.25, 0.3) is 0 Å². The van der Waals surface area contributed by atoms with E-state index in [0.29, 0.717) is 0 Å². The molecule has 3 radical (unpaired) electrons. The van der Waals surface area contributed by atoms with Crippen molar-refractivity contribution in [2.75, 3.05) is 0 Å². The number of halogens is 3. The van der Waals surface area contributed by atoms with E-state index in [-0.39, 0.29) is 14.1 Å². The van der Waals surface area contributed by atoms with E-state index >= 15 is 0 Å². The molecule has 0 bridgehead atoms. The van der Waals surface area contributed by atoms with E-state index in [2.05, 4.69) is 0 Å². The van der Waals surface area contributed by atoms with Crippen LogP contribution in [0.2, 0.25) is 0 Å². The molecule has 0 aliphatic carbocycles. The maximum atomic E-state index is 5.09. The van der Waals surface area contributed by atoms with Crippen molar-refractivity contribution >= 4 is 37.9 Å². The molecule has 0 fully saturated rings. The third-order valence-corrected chi connectivity index (χ3v) is 6.16. The molecule has 6 heteroatoms. The number of benzene rings is 3. The lowest BCUT2D eigenvalue weighted by molar-refractivity contribution is 1.11. The number of hydrogen-bond acceptors (Lipinski definition) is 0.